The molecule has 2 aromatic rings. The normalized spacial score (nSPS) is 16.8. The molecule has 7 nitrogen and oxygen atoms in total. The molecule has 1 amide bonds. The molecule has 1 aliphatic rings. The number of hydrogen-bond acceptors (Lipinski definition) is 5. The summed E-state index contributed by atoms with van der Waals surface area (Å²) in [5.74, 6) is 0.815. The number of aryl methyl sites for hydroxylation is 1. The number of nitrogens with zero attached hydrogens (tertiary/aromatic N) is 1. The third-order valence-electron chi connectivity index (χ3n) is 4.57. The van der Waals surface area contributed by atoms with Gasteiger partial charge in [0.25, 0.3) is 0 Å². The van der Waals surface area contributed by atoms with E-state index in [4.69, 9.17) is 21.1 Å². The topological polar surface area (TPSA) is 84.9 Å². The van der Waals surface area contributed by atoms with E-state index >= 15 is 0 Å². The van der Waals surface area contributed by atoms with E-state index in [1.165, 1.54) is 13.0 Å². The largest absolute Gasteiger partial charge is 0.486 e. The summed E-state index contributed by atoms with van der Waals surface area (Å²) >= 11 is 6.14. The molecule has 1 aliphatic heterocycles. The van der Waals surface area contributed by atoms with Gasteiger partial charge in [-0.3, -0.25) is 9.10 Å². The van der Waals surface area contributed by atoms with Crippen LogP contribution in [0.1, 0.15) is 12.5 Å². The van der Waals surface area contributed by atoms with Crippen LogP contribution in [0.5, 0.6) is 11.5 Å². The summed E-state index contributed by atoms with van der Waals surface area (Å²) in [6.45, 7) is 3.81. The fourth-order valence-electron chi connectivity index (χ4n) is 3.05. The van der Waals surface area contributed by atoms with Crippen molar-refractivity contribution in [2.45, 2.75) is 26.0 Å². The van der Waals surface area contributed by atoms with Crippen LogP contribution in [0.3, 0.4) is 0 Å². The minimum absolute atomic E-state index is 0.184. The second-order valence-corrected chi connectivity index (χ2v) is 9.18. The van der Waals surface area contributed by atoms with Gasteiger partial charge in [0.1, 0.15) is 18.8 Å². The van der Waals surface area contributed by atoms with Gasteiger partial charge >= 0.3 is 0 Å². The van der Waals surface area contributed by atoms with E-state index in [1.54, 1.807) is 18.2 Å². The van der Waals surface area contributed by atoms with Crippen molar-refractivity contribution in [3.8, 4) is 11.5 Å². The van der Waals surface area contributed by atoms with Crippen LogP contribution in [0.4, 0.5) is 5.69 Å². The van der Waals surface area contributed by atoms with Gasteiger partial charge in [-0.2, -0.15) is 0 Å². The van der Waals surface area contributed by atoms with Gasteiger partial charge in [-0.1, -0.05) is 29.8 Å². The first-order valence-corrected chi connectivity index (χ1v) is 11.3. The summed E-state index contributed by atoms with van der Waals surface area (Å²) in [4.78, 5) is 12.7. The lowest BCUT2D eigenvalue weighted by molar-refractivity contribution is -0.122. The SMILES string of the molecule is Cc1ccc(N(C(C)C(=O)NCC2COc3ccccc3O2)S(C)(=O)=O)cc1Cl. The minimum atomic E-state index is -3.72. The van der Waals surface area contributed by atoms with Gasteiger partial charge in [0.05, 0.1) is 18.5 Å². The van der Waals surface area contributed by atoms with E-state index < -0.39 is 22.0 Å². The van der Waals surface area contributed by atoms with Gasteiger partial charge in [0.15, 0.2) is 11.5 Å². The lowest BCUT2D eigenvalue weighted by atomic mass is 10.2. The highest BCUT2D eigenvalue weighted by Gasteiger charge is 2.30. The maximum Gasteiger partial charge on any atom is 0.243 e. The molecule has 0 fully saturated rings. The summed E-state index contributed by atoms with van der Waals surface area (Å²) < 4.78 is 37.2. The number of amides is 1. The molecule has 0 saturated heterocycles. The number of benzene rings is 2. The lowest BCUT2D eigenvalue weighted by Crippen LogP contribution is -2.50. The Morgan fingerprint density at radius 1 is 1.28 bits per heavy atom. The molecule has 0 spiro atoms. The zero-order valence-electron chi connectivity index (χ0n) is 16.4. The molecule has 2 atom stereocenters. The number of hydrogen-bond donors (Lipinski definition) is 1. The predicted molar refractivity (Wildman–Crippen MR) is 112 cm³/mol. The summed E-state index contributed by atoms with van der Waals surface area (Å²) in [6, 6.07) is 11.2. The zero-order valence-corrected chi connectivity index (χ0v) is 18.0. The molecule has 2 aromatic carbocycles. The number of sulfonamides is 1. The Kier molecular flexibility index (Phi) is 6.24. The molecule has 0 aromatic heterocycles. The monoisotopic (exact) mass is 438 g/mol. The second kappa shape index (κ2) is 8.51. The Morgan fingerprint density at radius 2 is 1.97 bits per heavy atom. The van der Waals surface area contributed by atoms with Gasteiger partial charge < -0.3 is 14.8 Å². The Labute approximate surface area is 175 Å². The Hall–Kier alpha value is -2.45. The minimum Gasteiger partial charge on any atom is -0.486 e. The molecule has 29 heavy (non-hydrogen) atoms. The average molecular weight is 439 g/mol. The second-order valence-electron chi connectivity index (χ2n) is 6.91. The maximum atomic E-state index is 12.7. The number of nitrogens with one attached hydrogen (secondary N) is 1. The number of para-hydroxylation sites is 2. The molecule has 3 rings (SSSR count). The standard InChI is InChI=1S/C20H23ClN2O5S/c1-13-8-9-15(10-17(13)21)23(29(3,25)26)14(2)20(24)22-11-16-12-27-18-6-4-5-7-19(18)28-16/h4-10,14,16H,11-12H2,1-3H3,(H,22,24). The van der Waals surface area contributed by atoms with E-state index in [0.29, 0.717) is 22.2 Å². The molecular weight excluding hydrogens is 416 g/mol. The smallest absolute Gasteiger partial charge is 0.243 e. The number of carbonyl (C=O) groups excluding carboxylic acids is 1. The van der Waals surface area contributed by atoms with E-state index in [1.807, 2.05) is 25.1 Å². The quantitative estimate of drug-likeness (QED) is 0.749. The number of carbonyl (C=O) groups is 1. The number of rotatable bonds is 6. The Balaban J connectivity index is 1.69. The first-order valence-electron chi connectivity index (χ1n) is 9.08. The van der Waals surface area contributed by atoms with Crippen molar-refractivity contribution in [2.75, 3.05) is 23.7 Å². The zero-order chi connectivity index (χ0) is 21.2. The van der Waals surface area contributed by atoms with Crippen LogP contribution in [0.2, 0.25) is 5.02 Å². The first-order chi connectivity index (χ1) is 13.7. The predicted octanol–water partition coefficient (Wildman–Crippen LogP) is 2.76. The molecule has 9 heteroatoms. The van der Waals surface area contributed by atoms with Gasteiger partial charge in [-0.05, 0) is 43.7 Å². The van der Waals surface area contributed by atoms with Crippen molar-refractivity contribution in [1.29, 1.82) is 0 Å². The molecular formula is C20H23ClN2O5S. The number of halogens is 1. The van der Waals surface area contributed by atoms with Crippen molar-refractivity contribution < 1.29 is 22.7 Å². The van der Waals surface area contributed by atoms with Gasteiger partial charge in [0, 0.05) is 5.02 Å². The fourth-order valence-corrected chi connectivity index (χ4v) is 4.39. The number of anilines is 1. The summed E-state index contributed by atoms with van der Waals surface area (Å²) in [5.41, 5.74) is 1.15. The summed E-state index contributed by atoms with van der Waals surface area (Å²) in [7, 11) is -3.72. The van der Waals surface area contributed by atoms with Crippen LogP contribution >= 0.6 is 11.6 Å². The van der Waals surface area contributed by atoms with Gasteiger partial charge in [-0.25, -0.2) is 8.42 Å². The molecule has 0 radical (unpaired) electrons. The molecule has 156 valence electrons. The average Bonchev–Trinajstić information content (AvgIpc) is 2.67. The third-order valence-corrected chi connectivity index (χ3v) is 6.22. The van der Waals surface area contributed by atoms with E-state index in [-0.39, 0.29) is 19.3 Å². The van der Waals surface area contributed by atoms with Crippen LogP contribution in [0.25, 0.3) is 0 Å². The van der Waals surface area contributed by atoms with Crippen molar-refractivity contribution in [3.63, 3.8) is 0 Å². The molecule has 0 bridgehead atoms. The van der Waals surface area contributed by atoms with Crippen molar-refractivity contribution in [3.05, 3.63) is 53.1 Å². The Bertz CT molecular complexity index is 1010. The van der Waals surface area contributed by atoms with E-state index in [9.17, 15) is 13.2 Å². The third kappa shape index (κ3) is 4.94. The van der Waals surface area contributed by atoms with Gasteiger partial charge in [-0.15, -0.1) is 0 Å². The van der Waals surface area contributed by atoms with Crippen molar-refractivity contribution in [1.82, 2.24) is 5.32 Å². The molecule has 1 N–H and O–H groups in total. The number of ether oxygens (including phenoxy) is 2. The molecule has 0 aliphatic carbocycles. The highest BCUT2D eigenvalue weighted by Crippen LogP contribution is 2.31. The highest BCUT2D eigenvalue weighted by molar-refractivity contribution is 7.92. The molecule has 0 saturated carbocycles. The molecule has 1 heterocycles. The fraction of sp³-hybridized carbons (Fsp3) is 0.350. The van der Waals surface area contributed by atoms with Crippen LogP contribution in [-0.2, 0) is 14.8 Å². The first kappa shape index (κ1) is 21.3. The maximum absolute atomic E-state index is 12.7. The van der Waals surface area contributed by atoms with Crippen molar-refractivity contribution >= 4 is 33.2 Å². The van der Waals surface area contributed by atoms with E-state index in [2.05, 4.69) is 5.32 Å². The van der Waals surface area contributed by atoms with Crippen LogP contribution in [0, 0.1) is 6.92 Å². The lowest BCUT2D eigenvalue weighted by Gasteiger charge is -2.30. The van der Waals surface area contributed by atoms with E-state index in [0.717, 1.165) is 16.1 Å². The van der Waals surface area contributed by atoms with Crippen LogP contribution < -0.4 is 19.1 Å². The van der Waals surface area contributed by atoms with Crippen LogP contribution in [-0.4, -0.2) is 45.9 Å². The molecule has 2 unspecified atom stereocenters. The van der Waals surface area contributed by atoms with Crippen molar-refractivity contribution in [2.24, 2.45) is 0 Å². The van der Waals surface area contributed by atoms with Gasteiger partial charge in [0.2, 0.25) is 15.9 Å². The highest BCUT2D eigenvalue weighted by atomic mass is 35.5. The van der Waals surface area contributed by atoms with Crippen LogP contribution in [0.15, 0.2) is 42.5 Å². The summed E-state index contributed by atoms with van der Waals surface area (Å²) in [6.07, 6.45) is 0.682. The summed E-state index contributed by atoms with van der Waals surface area (Å²) in [5, 5.41) is 3.17. The Morgan fingerprint density at radius 3 is 2.62 bits per heavy atom. The number of fused-ring (bicyclic) bond motifs is 1.